The molecule has 5 rings (SSSR count). The fourth-order valence-electron chi connectivity index (χ4n) is 4.34. The van der Waals surface area contributed by atoms with Crippen molar-refractivity contribution in [2.45, 2.75) is 19.0 Å². The van der Waals surface area contributed by atoms with Crippen LogP contribution >= 0.6 is 0 Å². The van der Waals surface area contributed by atoms with Crippen LogP contribution in [0.1, 0.15) is 21.5 Å². The first kappa shape index (κ1) is 29.5. The van der Waals surface area contributed by atoms with Crippen LogP contribution in [0.25, 0.3) is 23.0 Å². The van der Waals surface area contributed by atoms with Gasteiger partial charge in [-0.15, -0.1) is 13.2 Å². The molecular formula is C28H21F6N5O4. The van der Waals surface area contributed by atoms with Crippen molar-refractivity contribution >= 4 is 11.8 Å². The monoisotopic (exact) mass is 605 g/mol. The third-order valence-electron chi connectivity index (χ3n) is 6.56. The quantitative estimate of drug-likeness (QED) is 0.277. The number of piperazine rings is 1. The van der Waals surface area contributed by atoms with Gasteiger partial charge in [-0.3, -0.25) is 14.6 Å². The van der Waals surface area contributed by atoms with E-state index in [1.165, 1.54) is 42.6 Å². The largest absolute Gasteiger partial charge is 0.573 e. The summed E-state index contributed by atoms with van der Waals surface area (Å²) in [4.78, 5) is 37.2. The van der Waals surface area contributed by atoms with Crippen LogP contribution in [0.5, 0.6) is 5.75 Å². The second kappa shape index (κ2) is 11.7. The Morgan fingerprint density at radius 2 is 1.49 bits per heavy atom. The Hall–Kier alpha value is -4.95. The van der Waals surface area contributed by atoms with Crippen molar-refractivity contribution in [1.82, 2.24) is 24.9 Å². The number of pyridine rings is 1. The summed E-state index contributed by atoms with van der Waals surface area (Å²) in [5.74, 6) is -0.812. The molecule has 0 bridgehead atoms. The van der Waals surface area contributed by atoms with E-state index in [1.54, 1.807) is 9.80 Å². The molecule has 1 aliphatic rings. The third kappa shape index (κ3) is 7.28. The number of benzene rings is 2. The van der Waals surface area contributed by atoms with E-state index in [4.69, 9.17) is 4.52 Å². The van der Waals surface area contributed by atoms with Crippen molar-refractivity contribution in [1.29, 1.82) is 0 Å². The van der Waals surface area contributed by atoms with Gasteiger partial charge in [0, 0.05) is 37.9 Å². The predicted molar refractivity (Wildman–Crippen MR) is 137 cm³/mol. The Morgan fingerprint density at radius 1 is 0.837 bits per heavy atom. The van der Waals surface area contributed by atoms with Crippen LogP contribution < -0.4 is 4.74 Å². The number of carbonyl (C=O) groups excluding carboxylic acids is 2. The van der Waals surface area contributed by atoms with Crippen LogP contribution in [0.15, 0.2) is 71.4 Å². The molecule has 2 aromatic heterocycles. The first-order valence-corrected chi connectivity index (χ1v) is 12.8. The van der Waals surface area contributed by atoms with Crippen LogP contribution in [0.4, 0.5) is 26.3 Å². The number of ether oxygens (including phenoxy) is 1. The van der Waals surface area contributed by atoms with E-state index < -0.39 is 18.1 Å². The van der Waals surface area contributed by atoms with Crippen LogP contribution in [-0.4, -0.2) is 69.3 Å². The van der Waals surface area contributed by atoms with Gasteiger partial charge >= 0.3 is 12.5 Å². The number of alkyl halides is 6. The van der Waals surface area contributed by atoms with E-state index in [1.807, 2.05) is 0 Å². The summed E-state index contributed by atoms with van der Waals surface area (Å²) in [6.45, 7) is 1.09. The second-order valence-electron chi connectivity index (χ2n) is 9.47. The lowest BCUT2D eigenvalue weighted by Gasteiger charge is -2.34. The highest BCUT2D eigenvalue weighted by atomic mass is 19.4. The zero-order valence-corrected chi connectivity index (χ0v) is 22.0. The predicted octanol–water partition coefficient (Wildman–Crippen LogP) is 5.24. The van der Waals surface area contributed by atoms with Gasteiger partial charge in [0.25, 0.3) is 11.8 Å². The first-order valence-electron chi connectivity index (χ1n) is 12.8. The van der Waals surface area contributed by atoms with Crippen molar-refractivity contribution in [3.05, 3.63) is 83.6 Å². The van der Waals surface area contributed by atoms with Crippen LogP contribution in [0, 0.1) is 0 Å². The van der Waals surface area contributed by atoms with Crippen LogP contribution in [0.2, 0.25) is 0 Å². The average molecular weight is 605 g/mol. The van der Waals surface area contributed by atoms with Crippen LogP contribution in [-0.2, 0) is 17.4 Å². The second-order valence-corrected chi connectivity index (χ2v) is 9.47. The molecule has 9 nitrogen and oxygen atoms in total. The molecule has 3 heterocycles. The molecule has 2 aromatic carbocycles. The molecule has 0 radical (unpaired) electrons. The SMILES string of the molecule is O=C(Cc1ccc(OC(F)(F)F)cc1)N1CCN(C(=O)c2ccc(-c3nc(-c4ccc(C(F)(F)F)cc4)no3)nc2)CC1. The summed E-state index contributed by atoms with van der Waals surface area (Å²) in [7, 11) is 0. The third-order valence-corrected chi connectivity index (χ3v) is 6.56. The molecule has 1 saturated heterocycles. The van der Waals surface area contributed by atoms with Crippen molar-refractivity contribution in [3.8, 4) is 28.7 Å². The Kier molecular flexibility index (Phi) is 8.06. The molecule has 0 N–H and O–H groups in total. The maximum atomic E-state index is 13.0. The van der Waals surface area contributed by atoms with E-state index in [0.29, 0.717) is 11.1 Å². The fraction of sp³-hybridized carbons (Fsp3) is 0.250. The number of hydrogen-bond acceptors (Lipinski definition) is 7. The molecule has 0 atom stereocenters. The zero-order valence-electron chi connectivity index (χ0n) is 22.0. The molecule has 0 spiro atoms. The molecule has 1 aliphatic heterocycles. The minimum atomic E-state index is -4.80. The summed E-state index contributed by atoms with van der Waals surface area (Å²) < 4.78 is 84.4. The Balaban J connectivity index is 1.14. The molecule has 1 fully saturated rings. The highest BCUT2D eigenvalue weighted by molar-refractivity contribution is 5.94. The topological polar surface area (TPSA) is 102 Å². The van der Waals surface area contributed by atoms with Gasteiger partial charge in [-0.1, -0.05) is 29.4 Å². The maximum Gasteiger partial charge on any atom is 0.573 e. The summed E-state index contributed by atoms with van der Waals surface area (Å²) in [6, 6.07) is 12.4. The lowest BCUT2D eigenvalue weighted by molar-refractivity contribution is -0.274. The summed E-state index contributed by atoms with van der Waals surface area (Å²) in [5.41, 5.74) is 0.586. The summed E-state index contributed by atoms with van der Waals surface area (Å²) in [5, 5.41) is 3.79. The lowest BCUT2D eigenvalue weighted by Crippen LogP contribution is -2.51. The van der Waals surface area contributed by atoms with E-state index in [0.717, 1.165) is 24.3 Å². The number of hydrogen-bond donors (Lipinski definition) is 0. The highest BCUT2D eigenvalue weighted by Gasteiger charge is 2.32. The number of nitrogens with zero attached hydrogens (tertiary/aromatic N) is 5. The van der Waals surface area contributed by atoms with Gasteiger partial charge in [0.05, 0.1) is 17.5 Å². The van der Waals surface area contributed by atoms with Gasteiger partial charge in [0.1, 0.15) is 11.4 Å². The van der Waals surface area contributed by atoms with E-state index >= 15 is 0 Å². The molecule has 0 unspecified atom stereocenters. The van der Waals surface area contributed by atoms with Crippen molar-refractivity contribution in [2.24, 2.45) is 0 Å². The van der Waals surface area contributed by atoms with Gasteiger partial charge in [-0.25, -0.2) is 0 Å². The molecule has 4 aromatic rings. The molecule has 224 valence electrons. The molecule has 0 saturated carbocycles. The summed E-state index contributed by atoms with van der Waals surface area (Å²) >= 11 is 0. The van der Waals surface area contributed by atoms with Gasteiger partial charge in [0.2, 0.25) is 11.7 Å². The molecule has 43 heavy (non-hydrogen) atoms. The van der Waals surface area contributed by atoms with E-state index in [-0.39, 0.29) is 73.1 Å². The van der Waals surface area contributed by atoms with Crippen molar-refractivity contribution < 1.29 is 45.2 Å². The molecule has 15 heteroatoms. The zero-order chi connectivity index (χ0) is 30.8. The number of amides is 2. The Labute approximate surface area is 239 Å². The van der Waals surface area contributed by atoms with E-state index in [2.05, 4.69) is 19.9 Å². The van der Waals surface area contributed by atoms with Gasteiger partial charge in [0.15, 0.2) is 0 Å². The van der Waals surface area contributed by atoms with Gasteiger partial charge in [-0.05, 0) is 42.0 Å². The fourth-order valence-corrected chi connectivity index (χ4v) is 4.34. The maximum absolute atomic E-state index is 13.0. The average Bonchev–Trinajstić information content (AvgIpc) is 3.47. The molecular weight excluding hydrogens is 584 g/mol. The Morgan fingerprint density at radius 3 is 2.07 bits per heavy atom. The minimum absolute atomic E-state index is 0.0120. The molecule has 0 aliphatic carbocycles. The van der Waals surface area contributed by atoms with Crippen molar-refractivity contribution in [3.63, 3.8) is 0 Å². The molecule has 2 amide bonds. The highest BCUT2D eigenvalue weighted by Crippen LogP contribution is 2.31. The van der Waals surface area contributed by atoms with E-state index in [9.17, 15) is 35.9 Å². The number of halogens is 6. The van der Waals surface area contributed by atoms with Crippen LogP contribution in [0.3, 0.4) is 0 Å². The normalized spacial score (nSPS) is 14.1. The number of aromatic nitrogens is 3. The standard InChI is InChI=1S/C28H21F6N5O4/c29-27(30,31)20-6-3-18(4-7-20)24-36-25(43-37-24)22-10-5-19(16-35-22)26(41)39-13-11-38(12-14-39)23(40)15-17-1-8-21(9-2-17)42-28(32,33)34/h1-10,16H,11-15H2. The van der Waals surface area contributed by atoms with Gasteiger partial charge in [-0.2, -0.15) is 18.2 Å². The van der Waals surface area contributed by atoms with Crippen molar-refractivity contribution in [2.75, 3.05) is 26.2 Å². The summed E-state index contributed by atoms with van der Waals surface area (Å²) in [6.07, 6.45) is -7.94. The first-order chi connectivity index (χ1) is 20.4. The van der Waals surface area contributed by atoms with Gasteiger partial charge < -0.3 is 19.1 Å². The minimum Gasteiger partial charge on any atom is -0.406 e. The Bertz CT molecular complexity index is 1580. The smallest absolute Gasteiger partial charge is 0.406 e. The number of rotatable bonds is 6. The number of carbonyl (C=O) groups is 2. The lowest BCUT2D eigenvalue weighted by atomic mass is 10.1.